The molecule has 0 fully saturated rings. The fraction of sp³-hybridized carbons (Fsp3) is 0.417. The van der Waals surface area contributed by atoms with Crippen LogP contribution < -0.4 is 4.74 Å². The molecule has 0 aromatic heterocycles. The van der Waals surface area contributed by atoms with Crippen LogP contribution in [0.15, 0.2) is 18.2 Å². The zero-order chi connectivity index (χ0) is 13.9. The minimum Gasteiger partial charge on any atom is -0.475 e. The van der Waals surface area contributed by atoms with Crippen LogP contribution in [0.3, 0.4) is 0 Å². The molecule has 0 aliphatic heterocycles. The van der Waals surface area contributed by atoms with Crippen molar-refractivity contribution in [3.8, 4) is 5.75 Å². The van der Waals surface area contributed by atoms with Crippen molar-refractivity contribution < 1.29 is 23.1 Å². The molecule has 0 bridgehead atoms. The molecule has 1 aromatic rings. The van der Waals surface area contributed by atoms with Gasteiger partial charge in [0.25, 0.3) is 5.91 Å². The van der Waals surface area contributed by atoms with E-state index in [1.807, 2.05) is 0 Å². The highest BCUT2D eigenvalue weighted by molar-refractivity contribution is 5.83. The molecule has 0 spiro atoms. The van der Waals surface area contributed by atoms with E-state index in [1.165, 1.54) is 28.0 Å². The molecule has 18 heavy (non-hydrogen) atoms. The van der Waals surface area contributed by atoms with Gasteiger partial charge < -0.3 is 4.74 Å². The number of hydrogen-bond donors (Lipinski definition) is 0. The predicted octanol–water partition coefficient (Wildman–Crippen LogP) is 2.14. The standard InChI is InChI=1S/C12H15F2NO3/c1-12(2,11(16)15(3)17-4)18-10-6-5-8(13)7-9(10)14/h5-7H,1-4H3. The maximum atomic E-state index is 13.4. The van der Waals surface area contributed by atoms with Gasteiger partial charge in [-0.2, -0.15) is 0 Å². The molecule has 0 radical (unpaired) electrons. The fourth-order valence-corrected chi connectivity index (χ4v) is 1.34. The summed E-state index contributed by atoms with van der Waals surface area (Å²) in [6, 6.07) is 2.88. The lowest BCUT2D eigenvalue weighted by Crippen LogP contribution is -2.47. The van der Waals surface area contributed by atoms with Gasteiger partial charge in [-0.1, -0.05) is 0 Å². The van der Waals surface area contributed by atoms with Crippen molar-refractivity contribution in [1.82, 2.24) is 5.06 Å². The Morgan fingerprint density at radius 2 is 1.94 bits per heavy atom. The third kappa shape index (κ3) is 3.16. The van der Waals surface area contributed by atoms with Gasteiger partial charge in [-0.25, -0.2) is 13.8 Å². The highest BCUT2D eigenvalue weighted by Crippen LogP contribution is 2.23. The molecule has 0 aliphatic rings. The van der Waals surface area contributed by atoms with E-state index in [4.69, 9.17) is 9.57 Å². The van der Waals surface area contributed by atoms with E-state index >= 15 is 0 Å². The van der Waals surface area contributed by atoms with Crippen molar-refractivity contribution in [2.24, 2.45) is 0 Å². The first kappa shape index (κ1) is 14.4. The van der Waals surface area contributed by atoms with Crippen LogP contribution in [-0.2, 0) is 9.63 Å². The number of halogens is 2. The summed E-state index contributed by atoms with van der Waals surface area (Å²) in [5, 5.41) is 0.974. The maximum absolute atomic E-state index is 13.4. The Bertz CT molecular complexity index is 449. The van der Waals surface area contributed by atoms with Crippen LogP contribution in [0.5, 0.6) is 5.75 Å². The van der Waals surface area contributed by atoms with Crippen LogP contribution in [0.25, 0.3) is 0 Å². The number of amides is 1. The van der Waals surface area contributed by atoms with Crippen molar-refractivity contribution in [1.29, 1.82) is 0 Å². The van der Waals surface area contributed by atoms with Crippen LogP contribution in [-0.4, -0.2) is 30.7 Å². The largest absolute Gasteiger partial charge is 0.475 e. The van der Waals surface area contributed by atoms with E-state index in [0.717, 1.165) is 17.2 Å². The van der Waals surface area contributed by atoms with Gasteiger partial charge in [-0.15, -0.1) is 0 Å². The number of rotatable bonds is 4. The Morgan fingerprint density at radius 1 is 1.33 bits per heavy atom. The zero-order valence-corrected chi connectivity index (χ0v) is 10.7. The number of hydrogen-bond acceptors (Lipinski definition) is 3. The second-order valence-electron chi connectivity index (χ2n) is 4.17. The second-order valence-corrected chi connectivity index (χ2v) is 4.17. The fourth-order valence-electron chi connectivity index (χ4n) is 1.34. The summed E-state index contributed by atoms with van der Waals surface area (Å²) in [5.74, 6) is -2.26. The molecule has 0 unspecified atom stereocenters. The normalized spacial score (nSPS) is 11.2. The molecule has 0 atom stereocenters. The average Bonchev–Trinajstić information content (AvgIpc) is 2.30. The van der Waals surface area contributed by atoms with Crippen LogP contribution >= 0.6 is 0 Å². The van der Waals surface area contributed by atoms with E-state index in [1.54, 1.807) is 0 Å². The van der Waals surface area contributed by atoms with Crippen LogP contribution in [0.4, 0.5) is 8.78 Å². The van der Waals surface area contributed by atoms with Crippen LogP contribution in [0, 0.1) is 11.6 Å². The predicted molar refractivity (Wildman–Crippen MR) is 60.8 cm³/mol. The molecule has 0 aliphatic carbocycles. The van der Waals surface area contributed by atoms with Gasteiger partial charge in [0.15, 0.2) is 17.2 Å². The number of carbonyl (C=O) groups excluding carboxylic acids is 1. The molecular formula is C12H15F2NO3. The first-order valence-corrected chi connectivity index (χ1v) is 5.24. The monoisotopic (exact) mass is 259 g/mol. The van der Waals surface area contributed by atoms with Crippen LogP contribution in [0.1, 0.15) is 13.8 Å². The minimum atomic E-state index is -1.33. The van der Waals surface area contributed by atoms with Crippen molar-refractivity contribution in [3.63, 3.8) is 0 Å². The number of hydroxylamine groups is 2. The Hall–Kier alpha value is -1.69. The van der Waals surface area contributed by atoms with Crippen molar-refractivity contribution in [3.05, 3.63) is 29.8 Å². The maximum Gasteiger partial charge on any atom is 0.289 e. The summed E-state index contributed by atoms with van der Waals surface area (Å²) in [5.41, 5.74) is -1.33. The Kier molecular flexibility index (Phi) is 4.24. The number of likely N-dealkylation sites (N-methyl/N-ethyl adjacent to an activating group) is 1. The van der Waals surface area contributed by atoms with E-state index in [9.17, 15) is 13.6 Å². The van der Waals surface area contributed by atoms with Gasteiger partial charge in [-0.3, -0.25) is 9.63 Å². The molecule has 0 saturated carbocycles. The number of carbonyl (C=O) groups is 1. The smallest absolute Gasteiger partial charge is 0.289 e. The summed E-state index contributed by atoms with van der Waals surface area (Å²) in [6.07, 6.45) is 0. The average molecular weight is 259 g/mol. The summed E-state index contributed by atoms with van der Waals surface area (Å²) < 4.78 is 31.4. The molecule has 1 rings (SSSR count). The third-order valence-electron chi connectivity index (χ3n) is 2.33. The minimum absolute atomic E-state index is 0.195. The number of ether oxygens (including phenoxy) is 1. The summed E-state index contributed by atoms with van der Waals surface area (Å²) in [6.45, 7) is 2.93. The Labute approximate surface area is 104 Å². The first-order chi connectivity index (χ1) is 8.27. The molecule has 0 heterocycles. The van der Waals surface area contributed by atoms with Gasteiger partial charge >= 0.3 is 0 Å². The molecule has 100 valence electrons. The molecule has 1 amide bonds. The summed E-state index contributed by atoms with van der Waals surface area (Å²) in [7, 11) is 2.74. The Balaban J connectivity index is 2.91. The molecular weight excluding hydrogens is 244 g/mol. The lowest BCUT2D eigenvalue weighted by atomic mass is 10.1. The molecule has 4 nitrogen and oxygen atoms in total. The van der Waals surface area contributed by atoms with Crippen molar-refractivity contribution >= 4 is 5.91 Å². The van der Waals surface area contributed by atoms with E-state index in [-0.39, 0.29) is 5.75 Å². The summed E-state index contributed by atoms with van der Waals surface area (Å²) >= 11 is 0. The first-order valence-electron chi connectivity index (χ1n) is 5.24. The number of benzene rings is 1. The third-order valence-corrected chi connectivity index (χ3v) is 2.33. The summed E-state index contributed by atoms with van der Waals surface area (Å²) in [4.78, 5) is 16.6. The molecule has 1 aromatic carbocycles. The van der Waals surface area contributed by atoms with Gasteiger partial charge in [0.1, 0.15) is 5.82 Å². The van der Waals surface area contributed by atoms with Gasteiger partial charge in [0.2, 0.25) is 0 Å². The molecule has 0 saturated heterocycles. The van der Waals surface area contributed by atoms with Gasteiger partial charge in [0.05, 0.1) is 7.11 Å². The van der Waals surface area contributed by atoms with E-state index in [2.05, 4.69) is 0 Å². The highest BCUT2D eigenvalue weighted by Gasteiger charge is 2.34. The van der Waals surface area contributed by atoms with Crippen LogP contribution in [0.2, 0.25) is 0 Å². The van der Waals surface area contributed by atoms with Gasteiger partial charge in [0, 0.05) is 13.1 Å². The van der Waals surface area contributed by atoms with Crippen molar-refractivity contribution in [2.45, 2.75) is 19.4 Å². The topological polar surface area (TPSA) is 38.8 Å². The van der Waals surface area contributed by atoms with Crippen molar-refractivity contribution in [2.75, 3.05) is 14.2 Å². The molecule has 6 heteroatoms. The highest BCUT2D eigenvalue weighted by atomic mass is 19.1. The van der Waals surface area contributed by atoms with Gasteiger partial charge in [-0.05, 0) is 26.0 Å². The zero-order valence-electron chi connectivity index (χ0n) is 10.7. The SMILES string of the molecule is CON(C)C(=O)C(C)(C)Oc1ccc(F)cc1F. The lowest BCUT2D eigenvalue weighted by Gasteiger charge is -2.28. The number of nitrogens with zero attached hydrogens (tertiary/aromatic N) is 1. The Morgan fingerprint density at radius 3 is 2.44 bits per heavy atom. The quantitative estimate of drug-likeness (QED) is 0.778. The van der Waals surface area contributed by atoms with E-state index in [0.29, 0.717) is 6.07 Å². The molecule has 0 N–H and O–H groups in total. The van der Waals surface area contributed by atoms with E-state index < -0.39 is 23.1 Å². The second kappa shape index (κ2) is 5.30. The lowest BCUT2D eigenvalue weighted by molar-refractivity contribution is -0.183.